The van der Waals surface area contributed by atoms with Crippen LogP contribution in [0.2, 0.25) is 0 Å². The van der Waals surface area contributed by atoms with Crippen LogP contribution < -0.4 is 5.32 Å². The maximum absolute atomic E-state index is 12.5. The molecule has 0 radical (unpaired) electrons. The smallest absolute Gasteiger partial charge is 0.251 e. The summed E-state index contributed by atoms with van der Waals surface area (Å²) in [5.74, 6) is 0.632. The van der Waals surface area contributed by atoms with Crippen molar-refractivity contribution in [2.75, 3.05) is 31.9 Å². The minimum Gasteiger partial charge on any atom is -0.352 e. The van der Waals surface area contributed by atoms with E-state index < -0.39 is 0 Å². The minimum absolute atomic E-state index is 0.00522. The SMILES string of the molecule is O=C(NCCCN1CCCCC1)c1ccc([C@@H]2SCC(=O)N2Cc2ccccc2)cc1. The van der Waals surface area contributed by atoms with E-state index in [9.17, 15) is 9.59 Å². The molecule has 0 aliphatic carbocycles. The summed E-state index contributed by atoms with van der Waals surface area (Å²) in [5.41, 5.74) is 2.86. The zero-order valence-electron chi connectivity index (χ0n) is 18.0. The highest BCUT2D eigenvalue weighted by atomic mass is 32.2. The number of likely N-dealkylation sites (tertiary alicyclic amines) is 1. The lowest BCUT2D eigenvalue weighted by molar-refractivity contribution is -0.128. The fraction of sp³-hybridized carbons (Fsp3) is 0.440. The topological polar surface area (TPSA) is 52.7 Å². The third kappa shape index (κ3) is 5.89. The Morgan fingerprint density at radius 2 is 1.74 bits per heavy atom. The molecule has 6 heteroatoms. The van der Waals surface area contributed by atoms with Crippen LogP contribution in [0.1, 0.15) is 52.5 Å². The average molecular weight is 438 g/mol. The van der Waals surface area contributed by atoms with E-state index in [-0.39, 0.29) is 17.2 Å². The Labute approximate surface area is 189 Å². The molecule has 5 nitrogen and oxygen atoms in total. The number of amides is 2. The van der Waals surface area contributed by atoms with E-state index in [0.29, 0.717) is 24.4 Å². The van der Waals surface area contributed by atoms with Gasteiger partial charge in [-0.05, 0) is 62.2 Å². The van der Waals surface area contributed by atoms with Gasteiger partial charge in [0, 0.05) is 18.7 Å². The van der Waals surface area contributed by atoms with Crippen LogP contribution in [0.5, 0.6) is 0 Å². The van der Waals surface area contributed by atoms with Gasteiger partial charge in [-0.25, -0.2) is 0 Å². The summed E-state index contributed by atoms with van der Waals surface area (Å²) in [6, 6.07) is 17.8. The number of thioether (sulfide) groups is 1. The minimum atomic E-state index is -0.0264. The Hall–Kier alpha value is -2.31. The summed E-state index contributed by atoms with van der Waals surface area (Å²) < 4.78 is 0. The molecule has 4 rings (SSSR count). The second kappa shape index (κ2) is 10.8. The van der Waals surface area contributed by atoms with Crippen LogP contribution in [0, 0.1) is 0 Å². The number of hydrogen-bond acceptors (Lipinski definition) is 4. The Bertz CT molecular complexity index is 866. The van der Waals surface area contributed by atoms with Gasteiger partial charge in [0.1, 0.15) is 5.37 Å². The third-order valence-corrected chi connectivity index (χ3v) is 7.26. The summed E-state index contributed by atoms with van der Waals surface area (Å²) in [7, 11) is 0. The molecular formula is C25H31N3O2S. The van der Waals surface area contributed by atoms with Crippen molar-refractivity contribution in [2.45, 2.75) is 37.6 Å². The standard InChI is InChI=1S/C25H31N3O2S/c29-23-19-31-25(28(23)18-20-8-3-1-4-9-20)22-12-10-21(11-13-22)24(30)26-14-7-17-27-15-5-2-6-16-27/h1,3-4,8-13,25H,2,5-7,14-19H2,(H,26,30)/t25-/m0/s1. The Balaban J connectivity index is 1.29. The molecule has 1 atom stereocenters. The van der Waals surface area contributed by atoms with Crippen LogP contribution in [-0.4, -0.2) is 53.5 Å². The van der Waals surface area contributed by atoms with E-state index >= 15 is 0 Å². The van der Waals surface area contributed by atoms with Crippen LogP contribution in [0.3, 0.4) is 0 Å². The number of nitrogens with one attached hydrogen (secondary N) is 1. The number of hydrogen-bond donors (Lipinski definition) is 1. The summed E-state index contributed by atoms with van der Waals surface area (Å²) in [4.78, 5) is 29.3. The van der Waals surface area contributed by atoms with E-state index in [2.05, 4.69) is 10.2 Å². The predicted molar refractivity (Wildman–Crippen MR) is 126 cm³/mol. The molecule has 2 fully saturated rings. The van der Waals surface area contributed by atoms with Crippen molar-refractivity contribution in [1.82, 2.24) is 15.1 Å². The number of rotatable bonds is 8. The maximum atomic E-state index is 12.5. The van der Waals surface area contributed by atoms with Gasteiger partial charge in [0.15, 0.2) is 0 Å². The first-order chi connectivity index (χ1) is 15.2. The highest BCUT2D eigenvalue weighted by Gasteiger charge is 2.32. The van der Waals surface area contributed by atoms with E-state index in [1.54, 1.807) is 11.8 Å². The Kier molecular flexibility index (Phi) is 7.65. The maximum Gasteiger partial charge on any atom is 0.251 e. The van der Waals surface area contributed by atoms with Gasteiger partial charge in [-0.15, -0.1) is 11.8 Å². The van der Waals surface area contributed by atoms with Crippen LogP contribution in [-0.2, 0) is 11.3 Å². The van der Waals surface area contributed by atoms with Gasteiger partial charge in [0.25, 0.3) is 5.91 Å². The molecule has 0 saturated carbocycles. The number of carbonyl (C=O) groups is 2. The summed E-state index contributed by atoms with van der Waals surface area (Å²) >= 11 is 1.65. The van der Waals surface area contributed by atoms with Gasteiger partial charge >= 0.3 is 0 Å². The number of carbonyl (C=O) groups excluding carboxylic acids is 2. The molecule has 2 amide bonds. The van der Waals surface area contributed by atoms with Crippen molar-refractivity contribution >= 4 is 23.6 Å². The number of benzene rings is 2. The molecule has 2 saturated heterocycles. The molecule has 2 aromatic carbocycles. The summed E-state index contributed by atoms with van der Waals surface area (Å²) in [5, 5.41) is 3.04. The second-order valence-corrected chi connectivity index (χ2v) is 9.37. The number of nitrogens with zero attached hydrogens (tertiary/aromatic N) is 2. The molecule has 2 aliphatic heterocycles. The first-order valence-corrected chi connectivity index (χ1v) is 12.3. The first-order valence-electron chi connectivity index (χ1n) is 11.3. The zero-order valence-corrected chi connectivity index (χ0v) is 18.8. The van der Waals surface area contributed by atoms with Gasteiger partial charge in [-0.2, -0.15) is 0 Å². The van der Waals surface area contributed by atoms with Crippen LogP contribution in [0.4, 0.5) is 0 Å². The Morgan fingerprint density at radius 3 is 2.48 bits per heavy atom. The highest BCUT2D eigenvalue weighted by molar-refractivity contribution is 8.00. The predicted octanol–water partition coefficient (Wildman–Crippen LogP) is 4.07. The van der Waals surface area contributed by atoms with Crippen molar-refractivity contribution < 1.29 is 9.59 Å². The van der Waals surface area contributed by atoms with Gasteiger partial charge in [-0.3, -0.25) is 9.59 Å². The second-order valence-electron chi connectivity index (χ2n) is 8.30. The van der Waals surface area contributed by atoms with Gasteiger partial charge in [-0.1, -0.05) is 48.9 Å². The molecule has 0 aromatic heterocycles. The lowest BCUT2D eigenvalue weighted by atomic mass is 10.1. The van der Waals surface area contributed by atoms with Gasteiger partial charge in [0.05, 0.1) is 5.75 Å². The largest absolute Gasteiger partial charge is 0.352 e. The van der Waals surface area contributed by atoms with E-state index in [0.717, 1.165) is 24.1 Å². The summed E-state index contributed by atoms with van der Waals surface area (Å²) in [6.45, 7) is 4.76. The fourth-order valence-electron chi connectivity index (χ4n) is 4.27. The molecule has 1 N–H and O–H groups in total. The van der Waals surface area contributed by atoms with Crippen molar-refractivity contribution in [3.8, 4) is 0 Å². The molecule has 2 heterocycles. The van der Waals surface area contributed by atoms with E-state index in [1.165, 1.54) is 32.4 Å². The van der Waals surface area contributed by atoms with E-state index in [4.69, 9.17) is 0 Å². The summed E-state index contributed by atoms with van der Waals surface area (Å²) in [6.07, 6.45) is 4.93. The van der Waals surface area contributed by atoms with Gasteiger partial charge < -0.3 is 15.1 Å². The Morgan fingerprint density at radius 1 is 1.00 bits per heavy atom. The molecule has 2 aromatic rings. The third-order valence-electron chi connectivity index (χ3n) is 6.01. The lowest BCUT2D eigenvalue weighted by Gasteiger charge is -2.26. The van der Waals surface area contributed by atoms with Crippen LogP contribution >= 0.6 is 11.8 Å². The quantitative estimate of drug-likeness (QED) is 0.633. The fourth-order valence-corrected chi connectivity index (χ4v) is 5.46. The molecule has 0 spiro atoms. The normalized spacial score (nSPS) is 19.5. The van der Waals surface area contributed by atoms with E-state index in [1.807, 2.05) is 59.5 Å². The molecule has 31 heavy (non-hydrogen) atoms. The zero-order chi connectivity index (χ0) is 21.5. The lowest BCUT2D eigenvalue weighted by Crippen LogP contribution is -2.33. The first kappa shape index (κ1) is 21.9. The highest BCUT2D eigenvalue weighted by Crippen LogP contribution is 2.39. The van der Waals surface area contributed by atoms with Crippen molar-refractivity contribution in [2.24, 2.45) is 0 Å². The molecule has 0 bridgehead atoms. The molecule has 2 aliphatic rings. The van der Waals surface area contributed by atoms with Crippen molar-refractivity contribution in [3.05, 3.63) is 71.3 Å². The molecular weight excluding hydrogens is 406 g/mol. The van der Waals surface area contributed by atoms with Crippen molar-refractivity contribution in [1.29, 1.82) is 0 Å². The van der Waals surface area contributed by atoms with Crippen LogP contribution in [0.15, 0.2) is 54.6 Å². The average Bonchev–Trinajstić information content (AvgIpc) is 3.18. The molecule has 164 valence electrons. The van der Waals surface area contributed by atoms with Crippen molar-refractivity contribution in [3.63, 3.8) is 0 Å². The van der Waals surface area contributed by atoms with Gasteiger partial charge in [0.2, 0.25) is 5.91 Å². The molecule has 0 unspecified atom stereocenters. The number of piperidine rings is 1. The monoisotopic (exact) mass is 437 g/mol. The van der Waals surface area contributed by atoms with Crippen LogP contribution in [0.25, 0.3) is 0 Å².